The zero-order chi connectivity index (χ0) is 10.9. The van der Waals surface area contributed by atoms with E-state index in [9.17, 15) is 5.11 Å². The van der Waals surface area contributed by atoms with Crippen molar-refractivity contribution in [1.29, 1.82) is 0 Å². The van der Waals surface area contributed by atoms with Gasteiger partial charge in [0.15, 0.2) is 0 Å². The van der Waals surface area contributed by atoms with Crippen molar-refractivity contribution < 1.29 is 14.7 Å². The second-order valence-electron chi connectivity index (χ2n) is 4.60. The highest BCUT2D eigenvalue weighted by Crippen LogP contribution is 1.95. The predicted octanol–water partition coefficient (Wildman–Crippen LogP) is 0.233. The standard InChI is InChI=1S/C12H25NO2/c1-2-3-9-15-11-12(14)10-13-7-5-4-6-8-13/h12,14H,2-11H2,1H3/p+1/t12-/m0/s1. The minimum absolute atomic E-state index is 0.269. The SMILES string of the molecule is CCCCOC[C@@H](O)C[NH+]1CCCCC1. The number of quaternary nitrogens is 1. The number of ether oxygens (including phenoxy) is 1. The molecular weight excluding hydrogens is 190 g/mol. The van der Waals surface area contributed by atoms with Crippen molar-refractivity contribution in [3.63, 3.8) is 0 Å². The average molecular weight is 216 g/mol. The predicted molar refractivity (Wildman–Crippen MR) is 61.1 cm³/mol. The Bertz CT molecular complexity index is 147. The van der Waals surface area contributed by atoms with Gasteiger partial charge in [0.05, 0.1) is 19.7 Å². The van der Waals surface area contributed by atoms with Gasteiger partial charge in [-0.3, -0.25) is 0 Å². The van der Waals surface area contributed by atoms with Gasteiger partial charge in [0.1, 0.15) is 12.6 Å². The van der Waals surface area contributed by atoms with E-state index in [1.54, 1.807) is 4.90 Å². The van der Waals surface area contributed by atoms with Crippen molar-refractivity contribution in [3.8, 4) is 0 Å². The summed E-state index contributed by atoms with van der Waals surface area (Å²) in [6.45, 7) is 6.79. The van der Waals surface area contributed by atoms with Crippen LogP contribution < -0.4 is 4.90 Å². The molecule has 3 nitrogen and oxygen atoms in total. The van der Waals surface area contributed by atoms with Crippen molar-refractivity contribution in [2.75, 3.05) is 32.8 Å². The Balaban J connectivity index is 1.98. The molecule has 0 saturated carbocycles. The summed E-state index contributed by atoms with van der Waals surface area (Å²) in [6, 6.07) is 0. The number of likely N-dealkylation sites (tertiary alicyclic amines) is 1. The summed E-state index contributed by atoms with van der Waals surface area (Å²) in [7, 11) is 0. The fourth-order valence-corrected chi connectivity index (χ4v) is 2.11. The Kier molecular flexibility index (Phi) is 6.98. The first kappa shape index (κ1) is 12.9. The van der Waals surface area contributed by atoms with Gasteiger partial charge < -0.3 is 14.7 Å². The summed E-state index contributed by atoms with van der Waals surface area (Å²) in [5, 5.41) is 9.75. The Morgan fingerprint density at radius 3 is 2.67 bits per heavy atom. The zero-order valence-corrected chi connectivity index (χ0v) is 10.0. The van der Waals surface area contributed by atoms with E-state index in [0.29, 0.717) is 6.61 Å². The lowest BCUT2D eigenvalue weighted by molar-refractivity contribution is -0.908. The molecule has 1 aliphatic rings. The second-order valence-corrected chi connectivity index (χ2v) is 4.60. The zero-order valence-electron chi connectivity index (χ0n) is 10.0. The molecule has 3 heteroatoms. The van der Waals surface area contributed by atoms with E-state index >= 15 is 0 Å². The summed E-state index contributed by atoms with van der Waals surface area (Å²) in [6.07, 6.45) is 6.00. The van der Waals surface area contributed by atoms with Crippen LogP contribution >= 0.6 is 0 Å². The second kappa shape index (κ2) is 8.08. The molecule has 1 atom stereocenters. The van der Waals surface area contributed by atoms with Crippen molar-refractivity contribution in [1.82, 2.24) is 0 Å². The lowest BCUT2D eigenvalue weighted by Gasteiger charge is -2.25. The maximum Gasteiger partial charge on any atom is 0.126 e. The Morgan fingerprint density at radius 1 is 1.27 bits per heavy atom. The third-order valence-corrected chi connectivity index (χ3v) is 3.04. The van der Waals surface area contributed by atoms with Gasteiger partial charge in [0, 0.05) is 6.61 Å². The number of aliphatic hydroxyl groups excluding tert-OH is 1. The molecule has 1 aliphatic heterocycles. The lowest BCUT2D eigenvalue weighted by atomic mass is 10.1. The van der Waals surface area contributed by atoms with Crippen LogP contribution in [-0.2, 0) is 4.74 Å². The van der Waals surface area contributed by atoms with Crippen LogP contribution in [-0.4, -0.2) is 44.1 Å². The molecule has 1 rings (SSSR count). The number of aliphatic hydroxyl groups is 1. The van der Waals surface area contributed by atoms with E-state index in [-0.39, 0.29) is 6.10 Å². The molecule has 0 radical (unpaired) electrons. The van der Waals surface area contributed by atoms with Crippen LogP contribution in [0.2, 0.25) is 0 Å². The third kappa shape index (κ3) is 6.13. The van der Waals surface area contributed by atoms with Crippen LogP contribution in [0.3, 0.4) is 0 Å². The average Bonchev–Trinajstić information content (AvgIpc) is 2.26. The molecule has 0 unspecified atom stereocenters. The molecule has 0 aromatic rings. The molecule has 0 aromatic carbocycles. The fraction of sp³-hybridized carbons (Fsp3) is 1.00. The van der Waals surface area contributed by atoms with E-state index in [0.717, 1.165) is 26.0 Å². The topological polar surface area (TPSA) is 33.9 Å². The lowest BCUT2D eigenvalue weighted by Crippen LogP contribution is -3.14. The van der Waals surface area contributed by atoms with E-state index in [4.69, 9.17) is 4.74 Å². The van der Waals surface area contributed by atoms with Crippen LogP contribution in [0.1, 0.15) is 39.0 Å². The highest BCUT2D eigenvalue weighted by molar-refractivity contribution is 4.53. The van der Waals surface area contributed by atoms with Gasteiger partial charge in [0.2, 0.25) is 0 Å². The molecule has 0 spiro atoms. The molecule has 2 N–H and O–H groups in total. The normalized spacial score (nSPS) is 20.4. The van der Waals surface area contributed by atoms with Gasteiger partial charge >= 0.3 is 0 Å². The van der Waals surface area contributed by atoms with Gasteiger partial charge in [-0.2, -0.15) is 0 Å². The van der Waals surface area contributed by atoms with Crippen LogP contribution in [0.15, 0.2) is 0 Å². The highest BCUT2D eigenvalue weighted by Gasteiger charge is 2.17. The van der Waals surface area contributed by atoms with Crippen molar-refractivity contribution in [2.24, 2.45) is 0 Å². The first-order valence-corrected chi connectivity index (χ1v) is 6.42. The van der Waals surface area contributed by atoms with E-state index in [1.165, 1.54) is 32.4 Å². The quantitative estimate of drug-likeness (QED) is 0.598. The van der Waals surface area contributed by atoms with Gasteiger partial charge in [-0.25, -0.2) is 0 Å². The van der Waals surface area contributed by atoms with E-state index in [2.05, 4.69) is 6.92 Å². The summed E-state index contributed by atoms with van der Waals surface area (Å²) in [5.74, 6) is 0. The molecule has 1 fully saturated rings. The third-order valence-electron chi connectivity index (χ3n) is 3.04. The van der Waals surface area contributed by atoms with Crippen LogP contribution in [0.5, 0.6) is 0 Å². The summed E-state index contributed by atoms with van der Waals surface area (Å²) >= 11 is 0. The number of hydrogen-bond acceptors (Lipinski definition) is 2. The first-order chi connectivity index (χ1) is 7.33. The van der Waals surface area contributed by atoms with Crippen molar-refractivity contribution >= 4 is 0 Å². The van der Waals surface area contributed by atoms with Crippen LogP contribution in [0.25, 0.3) is 0 Å². The summed E-state index contributed by atoms with van der Waals surface area (Å²) in [5.41, 5.74) is 0. The maximum atomic E-state index is 9.75. The Hall–Kier alpha value is -0.120. The Morgan fingerprint density at radius 2 is 2.00 bits per heavy atom. The monoisotopic (exact) mass is 216 g/mol. The van der Waals surface area contributed by atoms with Gasteiger partial charge in [-0.15, -0.1) is 0 Å². The number of nitrogens with one attached hydrogen (secondary N) is 1. The fourth-order valence-electron chi connectivity index (χ4n) is 2.11. The molecule has 0 aliphatic carbocycles. The molecule has 90 valence electrons. The molecule has 0 amide bonds. The molecule has 15 heavy (non-hydrogen) atoms. The van der Waals surface area contributed by atoms with Gasteiger partial charge in [-0.1, -0.05) is 13.3 Å². The van der Waals surface area contributed by atoms with Gasteiger partial charge in [-0.05, 0) is 25.7 Å². The minimum Gasteiger partial charge on any atom is -0.385 e. The summed E-state index contributed by atoms with van der Waals surface area (Å²) in [4.78, 5) is 1.55. The van der Waals surface area contributed by atoms with Gasteiger partial charge in [0.25, 0.3) is 0 Å². The molecule has 1 saturated heterocycles. The highest BCUT2D eigenvalue weighted by atomic mass is 16.5. The number of unbranched alkanes of at least 4 members (excludes halogenated alkanes) is 1. The minimum atomic E-state index is -0.269. The number of hydrogen-bond donors (Lipinski definition) is 2. The van der Waals surface area contributed by atoms with Crippen LogP contribution in [0, 0.1) is 0 Å². The summed E-state index contributed by atoms with van der Waals surface area (Å²) < 4.78 is 5.41. The first-order valence-electron chi connectivity index (χ1n) is 6.42. The smallest absolute Gasteiger partial charge is 0.126 e. The van der Waals surface area contributed by atoms with E-state index < -0.39 is 0 Å². The number of rotatable bonds is 7. The molecule has 0 aromatic heterocycles. The molecular formula is C12H26NO2+. The number of piperidine rings is 1. The van der Waals surface area contributed by atoms with Crippen molar-refractivity contribution in [3.05, 3.63) is 0 Å². The van der Waals surface area contributed by atoms with Crippen molar-refractivity contribution in [2.45, 2.75) is 45.1 Å². The largest absolute Gasteiger partial charge is 0.385 e. The van der Waals surface area contributed by atoms with Crippen LogP contribution in [0.4, 0.5) is 0 Å². The molecule has 0 bridgehead atoms. The Labute approximate surface area is 93.4 Å². The molecule has 1 heterocycles. The maximum absolute atomic E-state index is 9.75. The van der Waals surface area contributed by atoms with E-state index in [1.807, 2.05) is 0 Å².